The number of hydrogen-bond acceptors (Lipinski definition) is 7. The van der Waals surface area contributed by atoms with Crippen LogP contribution in [0.25, 0.3) is 5.65 Å². The van der Waals surface area contributed by atoms with Crippen LogP contribution in [0.15, 0.2) is 55.1 Å². The van der Waals surface area contributed by atoms with Crippen LogP contribution in [0.3, 0.4) is 0 Å². The van der Waals surface area contributed by atoms with E-state index >= 15 is 0 Å². The van der Waals surface area contributed by atoms with Crippen molar-refractivity contribution in [2.45, 2.75) is 37.6 Å². The van der Waals surface area contributed by atoms with Gasteiger partial charge in [-0.1, -0.05) is 23.7 Å². The second kappa shape index (κ2) is 10.2. The Balaban J connectivity index is 1.04. The van der Waals surface area contributed by atoms with E-state index in [2.05, 4.69) is 32.9 Å². The molecule has 204 valence electrons. The molecule has 2 unspecified atom stereocenters. The van der Waals surface area contributed by atoms with Gasteiger partial charge in [0.25, 0.3) is 5.91 Å². The molecule has 1 aliphatic heterocycles. The third-order valence-corrected chi connectivity index (χ3v) is 7.94. The van der Waals surface area contributed by atoms with Gasteiger partial charge >= 0.3 is 0 Å². The van der Waals surface area contributed by atoms with Crippen LogP contribution in [-0.4, -0.2) is 50.9 Å². The summed E-state index contributed by atoms with van der Waals surface area (Å²) >= 11 is 6.11. The number of ether oxygens (including phenoxy) is 1. The highest BCUT2D eigenvalue weighted by molar-refractivity contribution is 6.30. The molecule has 2 N–H and O–H groups in total. The quantitative estimate of drug-likeness (QED) is 0.330. The third kappa shape index (κ3) is 5.12. The first-order valence-electron chi connectivity index (χ1n) is 13.5. The second-order valence-electron chi connectivity index (χ2n) is 10.6. The third-order valence-electron chi connectivity index (χ3n) is 7.70. The average Bonchev–Trinajstić information content (AvgIpc) is 3.88. The molecule has 40 heavy (non-hydrogen) atoms. The molecule has 2 aliphatic carbocycles. The molecule has 4 heterocycles. The number of carbonyl (C=O) groups excluding carboxylic acids is 2. The largest absolute Gasteiger partial charge is 0.370 e. The number of halogens is 1. The Morgan fingerprint density at radius 1 is 1.10 bits per heavy atom. The lowest BCUT2D eigenvalue weighted by molar-refractivity contribution is -0.125. The molecular weight excluding hydrogens is 530 g/mol. The van der Waals surface area contributed by atoms with Crippen molar-refractivity contribution in [2.24, 2.45) is 5.92 Å². The van der Waals surface area contributed by atoms with Crippen molar-refractivity contribution >= 4 is 46.4 Å². The van der Waals surface area contributed by atoms with Crippen molar-refractivity contribution in [3.8, 4) is 0 Å². The molecule has 7 rings (SSSR count). The number of nitrogens with zero attached hydrogens (tertiary/aromatic N) is 5. The molecule has 3 aromatic heterocycles. The van der Waals surface area contributed by atoms with Crippen molar-refractivity contribution in [2.75, 3.05) is 35.3 Å². The van der Waals surface area contributed by atoms with Gasteiger partial charge in [0, 0.05) is 35.9 Å². The molecule has 0 spiro atoms. The zero-order valence-corrected chi connectivity index (χ0v) is 22.5. The van der Waals surface area contributed by atoms with Crippen molar-refractivity contribution in [1.29, 1.82) is 0 Å². The number of amides is 2. The number of hydrogen-bond donors (Lipinski definition) is 2. The summed E-state index contributed by atoms with van der Waals surface area (Å²) < 4.78 is 7.35. The minimum absolute atomic E-state index is 0.0515. The molecule has 2 amide bonds. The van der Waals surface area contributed by atoms with Gasteiger partial charge in [-0.25, -0.2) is 15.0 Å². The Labute approximate surface area is 235 Å². The van der Waals surface area contributed by atoms with Crippen molar-refractivity contribution in [3.05, 3.63) is 77.0 Å². The highest BCUT2D eigenvalue weighted by Crippen LogP contribution is 2.48. The first-order valence-corrected chi connectivity index (χ1v) is 13.9. The smallest absolute Gasteiger partial charge is 0.253 e. The lowest BCUT2D eigenvalue weighted by Gasteiger charge is -2.27. The van der Waals surface area contributed by atoms with E-state index in [9.17, 15) is 9.59 Å². The summed E-state index contributed by atoms with van der Waals surface area (Å²) in [6.45, 7) is 1.53. The van der Waals surface area contributed by atoms with E-state index in [0.29, 0.717) is 42.3 Å². The monoisotopic (exact) mass is 557 g/mol. The molecule has 0 bridgehead atoms. The molecule has 11 heteroatoms. The van der Waals surface area contributed by atoms with Crippen molar-refractivity contribution in [3.63, 3.8) is 0 Å². The fourth-order valence-electron chi connectivity index (χ4n) is 5.36. The van der Waals surface area contributed by atoms with Gasteiger partial charge in [0.15, 0.2) is 5.65 Å². The molecule has 4 aromatic rings. The first-order chi connectivity index (χ1) is 19.5. The fraction of sp³-hybridized carbons (Fsp3) is 0.345. The molecule has 1 saturated heterocycles. The highest BCUT2D eigenvalue weighted by atomic mass is 35.5. The van der Waals surface area contributed by atoms with Crippen LogP contribution in [0.5, 0.6) is 0 Å². The Morgan fingerprint density at radius 2 is 1.98 bits per heavy atom. The van der Waals surface area contributed by atoms with Gasteiger partial charge in [0.1, 0.15) is 24.6 Å². The zero-order chi connectivity index (χ0) is 27.2. The van der Waals surface area contributed by atoms with Gasteiger partial charge in [0.2, 0.25) is 5.91 Å². The summed E-state index contributed by atoms with van der Waals surface area (Å²) in [6, 6.07) is 11.5. The Morgan fingerprint density at radius 3 is 2.80 bits per heavy atom. The minimum Gasteiger partial charge on any atom is -0.370 e. The van der Waals surface area contributed by atoms with Gasteiger partial charge in [-0.2, -0.15) is 0 Å². The van der Waals surface area contributed by atoms with Crippen LogP contribution in [0.1, 0.15) is 47.9 Å². The summed E-state index contributed by atoms with van der Waals surface area (Å²) in [5.74, 6) is 1.51. The number of rotatable bonds is 8. The topological polar surface area (TPSA) is 114 Å². The van der Waals surface area contributed by atoms with Crippen LogP contribution in [0.4, 0.5) is 17.3 Å². The normalized spacial score (nSPS) is 20.5. The Kier molecular flexibility index (Phi) is 6.36. The SMILES string of the molecule is O=C(Nc1cc(NCc2cn3cc(C4CC4)cc(N4CCOCC4=O)c3n2)ncn1)C1CC1c1cccc(Cl)c1. The fourth-order valence-corrected chi connectivity index (χ4v) is 5.56. The molecule has 3 aliphatic rings. The Hall–Kier alpha value is -4.02. The minimum atomic E-state index is -0.101. The van der Waals surface area contributed by atoms with E-state index in [-0.39, 0.29) is 30.3 Å². The molecule has 2 saturated carbocycles. The molecule has 2 atom stereocenters. The summed E-state index contributed by atoms with van der Waals surface area (Å²) in [4.78, 5) is 40.6. The number of carbonyl (C=O) groups is 2. The van der Waals surface area contributed by atoms with Crippen molar-refractivity contribution in [1.82, 2.24) is 19.4 Å². The molecular formula is C29H28ClN7O3. The van der Waals surface area contributed by atoms with Crippen LogP contribution < -0.4 is 15.5 Å². The zero-order valence-electron chi connectivity index (χ0n) is 21.7. The highest BCUT2D eigenvalue weighted by Gasteiger charge is 2.44. The first kappa shape index (κ1) is 25.0. The van der Waals surface area contributed by atoms with Gasteiger partial charge in [-0.15, -0.1) is 0 Å². The van der Waals surface area contributed by atoms with Crippen LogP contribution in [0.2, 0.25) is 5.02 Å². The number of benzene rings is 1. The van der Waals surface area contributed by atoms with E-state index in [4.69, 9.17) is 21.3 Å². The number of anilines is 3. The number of fused-ring (bicyclic) bond motifs is 1. The predicted molar refractivity (Wildman–Crippen MR) is 151 cm³/mol. The van der Waals surface area contributed by atoms with Crippen LogP contribution in [-0.2, 0) is 20.9 Å². The van der Waals surface area contributed by atoms with Crippen LogP contribution >= 0.6 is 11.6 Å². The molecule has 1 aromatic carbocycles. The lowest BCUT2D eigenvalue weighted by Crippen LogP contribution is -2.42. The van der Waals surface area contributed by atoms with E-state index in [0.717, 1.165) is 29.0 Å². The standard InChI is InChI=1S/C29H28ClN7O3/c30-20-3-1-2-18(8-20)22-10-23(22)29(39)35-26-11-25(32-16-33-26)31-12-21-14-36-13-19(17-4-5-17)9-24(28(36)34-21)37-6-7-40-15-27(37)38/h1-3,8-9,11,13-14,16-17,22-23H,4-7,10,12,15H2,(H2,31,32,33,35,39). The van der Waals surface area contributed by atoms with Crippen LogP contribution in [0, 0.1) is 5.92 Å². The lowest BCUT2D eigenvalue weighted by atomic mass is 10.1. The predicted octanol–water partition coefficient (Wildman–Crippen LogP) is 4.37. The number of pyridine rings is 1. The molecule has 3 fully saturated rings. The maximum atomic E-state index is 12.8. The van der Waals surface area contributed by atoms with Gasteiger partial charge in [-0.05, 0) is 60.4 Å². The summed E-state index contributed by atoms with van der Waals surface area (Å²) in [6.07, 6.45) is 8.64. The number of nitrogens with one attached hydrogen (secondary N) is 2. The summed E-state index contributed by atoms with van der Waals surface area (Å²) in [5, 5.41) is 6.88. The van der Waals surface area contributed by atoms with E-state index in [1.807, 2.05) is 34.9 Å². The number of morpholine rings is 1. The van der Waals surface area contributed by atoms with Gasteiger partial charge < -0.3 is 24.7 Å². The average molecular weight is 558 g/mol. The summed E-state index contributed by atoms with van der Waals surface area (Å²) in [5.41, 5.74) is 4.68. The maximum Gasteiger partial charge on any atom is 0.253 e. The molecule has 10 nitrogen and oxygen atoms in total. The van der Waals surface area contributed by atoms with E-state index < -0.39 is 0 Å². The van der Waals surface area contributed by atoms with E-state index in [1.165, 1.54) is 24.7 Å². The number of imidazole rings is 1. The molecule has 0 radical (unpaired) electrons. The van der Waals surface area contributed by atoms with E-state index in [1.54, 1.807) is 11.0 Å². The summed E-state index contributed by atoms with van der Waals surface area (Å²) in [7, 11) is 0. The maximum absolute atomic E-state index is 12.8. The number of aromatic nitrogens is 4. The van der Waals surface area contributed by atoms with Crippen molar-refractivity contribution < 1.29 is 14.3 Å². The second-order valence-corrected chi connectivity index (χ2v) is 11.1. The van der Waals surface area contributed by atoms with Gasteiger partial charge in [-0.3, -0.25) is 9.59 Å². The Bertz CT molecular complexity index is 1620. The van der Waals surface area contributed by atoms with Gasteiger partial charge in [0.05, 0.1) is 24.5 Å².